The van der Waals surface area contributed by atoms with Gasteiger partial charge in [-0.25, -0.2) is 0 Å². The maximum atomic E-state index is 9.51. The highest BCUT2D eigenvalue weighted by Gasteiger charge is 2.02. The lowest BCUT2D eigenvalue weighted by atomic mass is 11.0. The molecule has 0 amide bonds. The van der Waals surface area contributed by atoms with Gasteiger partial charge in [-0.05, 0) is 33.7 Å². The molecular formula is C2H3Cl3NOP. The summed E-state index contributed by atoms with van der Waals surface area (Å²) in [5.74, 6) is 0. The number of halogens is 3. The van der Waals surface area contributed by atoms with Crippen molar-refractivity contribution in [3.63, 3.8) is 0 Å². The van der Waals surface area contributed by atoms with Crippen LogP contribution < -0.4 is 0 Å². The third kappa shape index (κ3) is 592. The summed E-state index contributed by atoms with van der Waals surface area (Å²) in [5, 5.41) is 4.10. The summed E-state index contributed by atoms with van der Waals surface area (Å²) in [6, 6.07) is 1.75. The molecule has 0 fully saturated rings. The smallest absolute Gasteiger partial charge is 0.271 e. The maximum Gasteiger partial charge on any atom is 0.339 e. The van der Waals surface area contributed by atoms with Crippen LogP contribution in [0.2, 0.25) is 0 Å². The Morgan fingerprint density at radius 1 is 1.50 bits per heavy atom. The maximum absolute atomic E-state index is 9.51. The molecule has 0 heterocycles. The molecule has 0 aromatic rings. The first-order chi connectivity index (χ1) is 3.41. The molecule has 0 aliphatic rings. The molecule has 8 heavy (non-hydrogen) atoms. The fourth-order valence-corrected chi connectivity index (χ4v) is 0. The Kier molecular flexibility index (Phi) is 8.15. The lowest BCUT2D eigenvalue weighted by Crippen LogP contribution is -1.19. The van der Waals surface area contributed by atoms with E-state index in [1.165, 1.54) is 6.92 Å². The lowest BCUT2D eigenvalue weighted by molar-refractivity contribution is 0.600. The molecule has 0 saturated heterocycles. The van der Waals surface area contributed by atoms with Crippen molar-refractivity contribution < 1.29 is 4.57 Å². The van der Waals surface area contributed by atoms with E-state index in [2.05, 4.69) is 33.7 Å². The SMILES string of the molecule is CC#N.O=P(Cl)(Cl)Cl. The first-order valence-corrected chi connectivity index (χ1v) is 5.84. The molecule has 0 unspecified atom stereocenters. The Bertz CT molecular complexity index is 115. The molecule has 0 spiro atoms. The van der Waals surface area contributed by atoms with Crippen LogP contribution in [0, 0.1) is 11.3 Å². The average molecular weight is 194 g/mol. The van der Waals surface area contributed by atoms with Gasteiger partial charge in [0.2, 0.25) is 0 Å². The van der Waals surface area contributed by atoms with Crippen molar-refractivity contribution in [2.45, 2.75) is 6.92 Å². The van der Waals surface area contributed by atoms with Gasteiger partial charge in [-0.1, -0.05) is 0 Å². The van der Waals surface area contributed by atoms with Gasteiger partial charge in [-0.3, -0.25) is 4.57 Å². The van der Waals surface area contributed by atoms with E-state index < -0.39 is 5.20 Å². The van der Waals surface area contributed by atoms with Gasteiger partial charge in [0.15, 0.2) is 0 Å². The minimum absolute atomic E-state index is 1.43. The molecule has 2 nitrogen and oxygen atoms in total. The summed E-state index contributed by atoms with van der Waals surface area (Å²) in [7, 11) is 0. The predicted molar refractivity (Wildman–Crippen MR) is 36.5 cm³/mol. The fourth-order valence-electron chi connectivity index (χ4n) is 0. The Hall–Kier alpha value is 0.590. The van der Waals surface area contributed by atoms with Crippen molar-refractivity contribution in [1.82, 2.24) is 0 Å². The molecule has 0 atom stereocenters. The van der Waals surface area contributed by atoms with Gasteiger partial charge in [-0.2, -0.15) is 5.26 Å². The highest BCUT2D eigenvalue weighted by atomic mass is 36.0. The third-order valence-electron chi connectivity index (χ3n) is 0. The Balaban J connectivity index is 0. The van der Waals surface area contributed by atoms with Gasteiger partial charge in [0.1, 0.15) is 0 Å². The number of rotatable bonds is 0. The van der Waals surface area contributed by atoms with Gasteiger partial charge in [0, 0.05) is 6.92 Å². The van der Waals surface area contributed by atoms with E-state index in [1.54, 1.807) is 6.07 Å². The van der Waals surface area contributed by atoms with Crippen LogP contribution in [0.15, 0.2) is 0 Å². The normalized spacial score (nSPS) is 8.38. The number of nitrogens with zero attached hydrogens (tertiary/aromatic N) is 1. The zero-order valence-corrected chi connectivity index (χ0v) is 7.10. The lowest BCUT2D eigenvalue weighted by Gasteiger charge is -1.74. The zero-order valence-electron chi connectivity index (χ0n) is 3.94. The Morgan fingerprint density at radius 2 is 1.50 bits per heavy atom. The van der Waals surface area contributed by atoms with Crippen molar-refractivity contribution in [3.05, 3.63) is 0 Å². The minimum atomic E-state index is -3.22. The first-order valence-electron chi connectivity index (χ1n) is 1.41. The van der Waals surface area contributed by atoms with Gasteiger partial charge < -0.3 is 0 Å². The molecule has 0 aromatic heterocycles. The van der Waals surface area contributed by atoms with E-state index in [-0.39, 0.29) is 0 Å². The zero-order chi connectivity index (χ0) is 7.21. The number of hydrogen-bond acceptors (Lipinski definition) is 2. The molecule has 0 bridgehead atoms. The van der Waals surface area contributed by atoms with E-state index in [0.29, 0.717) is 0 Å². The van der Waals surface area contributed by atoms with Crippen molar-refractivity contribution in [1.29, 1.82) is 5.26 Å². The number of nitriles is 1. The predicted octanol–water partition coefficient (Wildman–Crippen LogP) is 3.34. The summed E-state index contributed by atoms with van der Waals surface area (Å²) in [4.78, 5) is 0. The largest absolute Gasteiger partial charge is 0.339 e. The molecule has 0 saturated carbocycles. The van der Waals surface area contributed by atoms with Crippen molar-refractivity contribution in [3.8, 4) is 6.07 Å². The van der Waals surface area contributed by atoms with Crippen LogP contribution in [0.1, 0.15) is 6.92 Å². The van der Waals surface area contributed by atoms with Gasteiger partial charge >= 0.3 is 5.20 Å². The minimum Gasteiger partial charge on any atom is -0.271 e. The third-order valence-corrected chi connectivity index (χ3v) is 0. The van der Waals surface area contributed by atoms with Crippen LogP contribution in [-0.4, -0.2) is 0 Å². The first kappa shape index (κ1) is 11.4. The molecule has 0 aliphatic heterocycles. The molecule has 48 valence electrons. The monoisotopic (exact) mass is 193 g/mol. The second-order valence-electron chi connectivity index (χ2n) is 0.622. The van der Waals surface area contributed by atoms with E-state index in [0.717, 1.165) is 0 Å². The van der Waals surface area contributed by atoms with Crippen LogP contribution in [0.25, 0.3) is 0 Å². The molecule has 0 aliphatic carbocycles. The second-order valence-corrected chi connectivity index (χ2v) is 7.26. The van der Waals surface area contributed by atoms with E-state index in [4.69, 9.17) is 5.26 Å². The Morgan fingerprint density at radius 3 is 1.50 bits per heavy atom. The quantitative estimate of drug-likeness (QED) is 0.555. The van der Waals surface area contributed by atoms with Gasteiger partial charge in [-0.15, -0.1) is 0 Å². The van der Waals surface area contributed by atoms with Crippen LogP contribution in [0.3, 0.4) is 0 Å². The molecule has 0 rings (SSSR count). The molecule has 0 radical (unpaired) electrons. The standard InChI is InChI=1S/C2H3N.Cl3OP/c1-2-3;1-5(2,3)4/h1H3;. The van der Waals surface area contributed by atoms with Crippen LogP contribution in [0.4, 0.5) is 0 Å². The van der Waals surface area contributed by atoms with Crippen LogP contribution in [-0.2, 0) is 4.57 Å². The molecule has 0 N–H and O–H groups in total. The van der Waals surface area contributed by atoms with Crippen LogP contribution >= 0.6 is 38.9 Å². The van der Waals surface area contributed by atoms with Gasteiger partial charge in [0.05, 0.1) is 6.07 Å². The highest BCUT2D eigenvalue weighted by molar-refractivity contribution is 8.24. The van der Waals surface area contributed by atoms with E-state index in [1.807, 2.05) is 0 Å². The Labute approximate surface area is 62.1 Å². The van der Waals surface area contributed by atoms with Crippen molar-refractivity contribution >= 4 is 38.9 Å². The summed E-state index contributed by atoms with van der Waals surface area (Å²) >= 11 is 13.8. The number of hydrogen-bond donors (Lipinski definition) is 0. The van der Waals surface area contributed by atoms with Crippen molar-refractivity contribution in [2.24, 2.45) is 0 Å². The molecule has 6 heteroatoms. The summed E-state index contributed by atoms with van der Waals surface area (Å²) in [6.45, 7) is 1.43. The summed E-state index contributed by atoms with van der Waals surface area (Å²) < 4.78 is 9.51. The molecular weight excluding hydrogens is 191 g/mol. The van der Waals surface area contributed by atoms with Crippen LogP contribution in [0.5, 0.6) is 0 Å². The second kappa shape index (κ2) is 5.72. The van der Waals surface area contributed by atoms with E-state index >= 15 is 0 Å². The van der Waals surface area contributed by atoms with Crippen molar-refractivity contribution in [2.75, 3.05) is 0 Å². The summed E-state index contributed by atoms with van der Waals surface area (Å²) in [6.07, 6.45) is 0. The topological polar surface area (TPSA) is 40.9 Å². The fraction of sp³-hybridized carbons (Fsp3) is 0.500. The van der Waals surface area contributed by atoms with E-state index in [9.17, 15) is 4.57 Å². The summed E-state index contributed by atoms with van der Waals surface area (Å²) in [5.41, 5.74) is 0. The van der Waals surface area contributed by atoms with Gasteiger partial charge in [0.25, 0.3) is 0 Å². The average Bonchev–Trinajstić information content (AvgIpc) is 1.27. The molecule has 0 aromatic carbocycles. The highest BCUT2D eigenvalue weighted by Crippen LogP contribution is 2.61.